The minimum Gasteiger partial charge on any atom is -0.487 e. The van der Waals surface area contributed by atoms with Crippen molar-refractivity contribution in [3.63, 3.8) is 0 Å². The Kier molecular flexibility index (Phi) is 4.29. The zero-order valence-electron chi connectivity index (χ0n) is 14.2. The number of benzene rings is 1. The molecule has 2 bridgehead atoms. The quantitative estimate of drug-likeness (QED) is 0.929. The molecule has 5 heteroatoms. The maximum absolute atomic E-state index is 6.12. The Morgan fingerprint density at radius 3 is 3.21 bits per heavy atom. The fraction of sp³-hybridized carbons (Fsp3) is 0.421. The molecular weight excluding hydrogens is 318 g/mol. The van der Waals surface area contributed by atoms with Crippen LogP contribution in [0.1, 0.15) is 35.5 Å². The lowest BCUT2D eigenvalue weighted by Gasteiger charge is -2.38. The third kappa shape index (κ3) is 2.82. The van der Waals surface area contributed by atoms with Gasteiger partial charge < -0.3 is 15.0 Å². The van der Waals surface area contributed by atoms with Crippen molar-refractivity contribution in [1.82, 2.24) is 15.2 Å². The fourth-order valence-corrected chi connectivity index (χ4v) is 4.48. The van der Waals surface area contributed by atoms with E-state index in [1.54, 1.807) is 11.3 Å². The molecule has 24 heavy (non-hydrogen) atoms. The van der Waals surface area contributed by atoms with E-state index >= 15 is 0 Å². The van der Waals surface area contributed by atoms with E-state index in [1.165, 1.54) is 21.8 Å². The highest BCUT2D eigenvalue weighted by Gasteiger charge is 2.33. The predicted octanol–water partition coefficient (Wildman–Crippen LogP) is 3.36. The molecule has 0 fully saturated rings. The van der Waals surface area contributed by atoms with Crippen LogP contribution in [0, 0.1) is 0 Å². The highest BCUT2D eigenvalue weighted by atomic mass is 32.1. The van der Waals surface area contributed by atoms with E-state index in [1.807, 2.05) is 18.6 Å². The second kappa shape index (κ2) is 6.57. The topological polar surface area (TPSA) is 37.4 Å². The van der Waals surface area contributed by atoms with Gasteiger partial charge in [-0.05, 0) is 44.2 Å². The van der Waals surface area contributed by atoms with Crippen LogP contribution in [0.4, 0.5) is 0 Å². The number of hydrogen-bond donors (Lipinski definition) is 1. The molecule has 4 nitrogen and oxygen atoms in total. The van der Waals surface area contributed by atoms with Crippen molar-refractivity contribution in [1.29, 1.82) is 0 Å². The minimum atomic E-state index is 0.0580. The largest absolute Gasteiger partial charge is 0.487 e. The van der Waals surface area contributed by atoms with Crippen molar-refractivity contribution < 1.29 is 4.74 Å². The van der Waals surface area contributed by atoms with Crippen LogP contribution in [-0.2, 0) is 6.42 Å². The number of nitrogens with one attached hydrogen (secondary N) is 1. The van der Waals surface area contributed by atoms with E-state index in [-0.39, 0.29) is 12.1 Å². The Labute approximate surface area is 147 Å². The third-order valence-corrected chi connectivity index (χ3v) is 5.65. The van der Waals surface area contributed by atoms with Gasteiger partial charge >= 0.3 is 0 Å². The first-order chi connectivity index (χ1) is 11.8. The second-order valence-corrected chi connectivity index (χ2v) is 7.35. The van der Waals surface area contributed by atoms with Crippen molar-refractivity contribution in [3.05, 3.63) is 57.7 Å². The van der Waals surface area contributed by atoms with E-state index in [2.05, 4.69) is 41.4 Å². The molecule has 0 saturated carbocycles. The summed E-state index contributed by atoms with van der Waals surface area (Å²) >= 11 is 1.78. The molecule has 0 saturated heterocycles. The van der Waals surface area contributed by atoms with Gasteiger partial charge in [0, 0.05) is 30.1 Å². The van der Waals surface area contributed by atoms with Crippen LogP contribution in [0.25, 0.3) is 0 Å². The van der Waals surface area contributed by atoms with Crippen LogP contribution in [0.15, 0.2) is 41.5 Å². The number of nitrogens with zero attached hydrogens (tertiary/aromatic N) is 2. The molecule has 2 aliphatic rings. The number of thiazole rings is 1. The molecule has 0 spiro atoms. The molecule has 3 heterocycles. The van der Waals surface area contributed by atoms with Gasteiger partial charge in [0.2, 0.25) is 0 Å². The zero-order valence-corrected chi connectivity index (χ0v) is 15.0. The summed E-state index contributed by atoms with van der Waals surface area (Å²) in [6, 6.07) is 8.70. The molecule has 2 atom stereocenters. The average molecular weight is 341 g/mol. The summed E-state index contributed by atoms with van der Waals surface area (Å²) in [4.78, 5) is 8.67. The van der Waals surface area contributed by atoms with Gasteiger partial charge in [-0.25, -0.2) is 4.98 Å². The first-order valence-corrected chi connectivity index (χ1v) is 9.45. The lowest BCUT2D eigenvalue weighted by atomic mass is 9.95. The normalized spacial score (nSPS) is 22.4. The Bertz CT molecular complexity index is 755. The van der Waals surface area contributed by atoms with Crippen molar-refractivity contribution in [2.75, 3.05) is 20.1 Å². The first-order valence-electron chi connectivity index (χ1n) is 8.57. The summed E-state index contributed by atoms with van der Waals surface area (Å²) in [5, 5.41) is 3.28. The Balaban J connectivity index is 1.84. The van der Waals surface area contributed by atoms with Crippen LogP contribution < -0.4 is 10.1 Å². The van der Waals surface area contributed by atoms with Gasteiger partial charge in [0.05, 0.1) is 17.2 Å². The van der Waals surface area contributed by atoms with Crippen molar-refractivity contribution in [2.45, 2.75) is 31.9 Å². The summed E-state index contributed by atoms with van der Waals surface area (Å²) in [6.45, 7) is 4.11. The van der Waals surface area contributed by atoms with E-state index in [4.69, 9.17) is 9.72 Å². The van der Waals surface area contributed by atoms with E-state index < -0.39 is 0 Å². The van der Waals surface area contributed by atoms with Crippen LogP contribution >= 0.6 is 11.3 Å². The van der Waals surface area contributed by atoms with Gasteiger partial charge in [-0.2, -0.15) is 0 Å². The van der Waals surface area contributed by atoms with Gasteiger partial charge in [0.1, 0.15) is 11.9 Å². The average Bonchev–Trinajstić information content (AvgIpc) is 3.06. The molecule has 2 aliphatic heterocycles. The van der Waals surface area contributed by atoms with Crippen molar-refractivity contribution in [2.24, 2.45) is 0 Å². The maximum atomic E-state index is 6.12. The highest BCUT2D eigenvalue weighted by Crippen LogP contribution is 2.40. The molecule has 2 aromatic rings. The molecule has 126 valence electrons. The van der Waals surface area contributed by atoms with Crippen molar-refractivity contribution >= 4 is 11.3 Å². The summed E-state index contributed by atoms with van der Waals surface area (Å²) in [7, 11) is 2.00. The van der Waals surface area contributed by atoms with Crippen LogP contribution in [-0.4, -0.2) is 36.1 Å². The highest BCUT2D eigenvalue weighted by molar-refractivity contribution is 7.09. The van der Waals surface area contributed by atoms with E-state index in [9.17, 15) is 0 Å². The molecule has 0 aliphatic carbocycles. The Morgan fingerprint density at radius 1 is 1.42 bits per heavy atom. The lowest BCUT2D eigenvalue weighted by Crippen LogP contribution is -2.36. The summed E-state index contributed by atoms with van der Waals surface area (Å²) < 4.78 is 6.12. The SMILES string of the molecule is CNCCC1=CC(C)Oc2cccc(c2)C2c3ncsc3CCN12. The molecule has 0 radical (unpaired) electrons. The monoisotopic (exact) mass is 341 g/mol. The molecule has 0 amide bonds. The number of ether oxygens (including phenoxy) is 1. The van der Waals surface area contributed by atoms with Gasteiger partial charge in [0.25, 0.3) is 0 Å². The van der Waals surface area contributed by atoms with Crippen LogP contribution in [0.2, 0.25) is 0 Å². The summed E-state index contributed by atoms with van der Waals surface area (Å²) in [6.07, 6.45) is 4.40. The second-order valence-electron chi connectivity index (χ2n) is 6.41. The number of aromatic nitrogens is 1. The van der Waals surface area contributed by atoms with E-state index in [0.29, 0.717) is 0 Å². The van der Waals surface area contributed by atoms with Crippen LogP contribution in [0.5, 0.6) is 5.75 Å². The van der Waals surface area contributed by atoms with Crippen LogP contribution in [0.3, 0.4) is 0 Å². The smallest absolute Gasteiger partial charge is 0.120 e. The minimum absolute atomic E-state index is 0.0580. The molecule has 1 aromatic carbocycles. The van der Waals surface area contributed by atoms with Gasteiger partial charge in [-0.1, -0.05) is 12.1 Å². The Hall–Kier alpha value is -1.85. The molecular formula is C19H23N3OS. The molecule has 4 rings (SSSR count). The molecule has 1 aromatic heterocycles. The first kappa shape index (κ1) is 15.7. The fourth-order valence-electron chi connectivity index (χ4n) is 3.69. The summed E-state index contributed by atoms with van der Waals surface area (Å²) in [5.74, 6) is 0.938. The van der Waals surface area contributed by atoms with E-state index in [0.717, 1.165) is 31.7 Å². The van der Waals surface area contributed by atoms with Gasteiger partial charge in [-0.15, -0.1) is 11.3 Å². The van der Waals surface area contributed by atoms with Crippen molar-refractivity contribution in [3.8, 4) is 5.75 Å². The lowest BCUT2D eigenvalue weighted by molar-refractivity contribution is 0.247. The number of hydrogen-bond acceptors (Lipinski definition) is 5. The molecule has 1 N–H and O–H groups in total. The van der Waals surface area contributed by atoms with Gasteiger partial charge in [-0.3, -0.25) is 0 Å². The zero-order chi connectivity index (χ0) is 16.5. The number of fused-ring (bicyclic) bond motifs is 6. The van der Waals surface area contributed by atoms with Gasteiger partial charge in [0.15, 0.2) is 0 Å². The maximum Gasteiger partial charge on any atom is 0.120 e. The predicted molar refractivity (Wildman–Crippen MR) is 97.5 cm³/mol. The third-order valence-electron chi connectivity index (χ3n) is 4.75. The molecule has 2 unspecified atom stereocenters. The standard InChI is InChI=1S/C19H23N3OS/c1-13-10-15(6-8-20-2)22-9-7-17-18(21-12-24-17)19(22)14-4-3-5-16(11-14)23-13/h3-5,10-13,19-20H,6-9H2,1-2H3. The Morgan fingerprint density at radius 2 is 2.33 bits per heavy atom. The summed E-state index contributed by atoms with van der Waals surface area (Å²) in [5.41, 5.74) is 5.82. The number of rotatable bonds is 3.